The summed E-state index contributed by atoms with van der Waals surface area (Å²) in [6.07, 6.45) is 14.3. The van der Waals surface area contributed by atoms with Gasteiger partial charge in [-0.05, 0) is 43.2 Å². The van der Waals surface area contributed by atoms with E-state index in [9.17, 15) is 0 Å². The summed E-state index contributed by atoms with van der Waals surface area (Å²) in [6.45, 7) is 2.23. The van der Waals surface area contributed by atoms with Gasteiger partial charge in [0, 0.05) is 36.6 Å². The summed E-state index contributed by atoms with van der Waals surface area (Å²) in [5.74, 6) is 1.04. The zero-order valence-corrected chi connectivity index (χ0v) is 15.8. The van der Waals surface area contributed by atoms with E-state index in [1.165, 1.54) is 43.4 Å². The van der Waals surface area contributed by atoms with Crippen molar-refractivity contribution in [2.24, 2.45) is 5.41 Å². The standard InChI is InChI=1S/C21H24N4S/c1-2-6-17(7-3-1)26-18-16-23-20(25-15-12-22-19(18)25)24-13-10-21(11-14-24)8-4-5-9-21/h1-3,6-7,12,15-16H,4-5,8-11,13-14H2. The molecule has 2 aromatic heterocycles. The van der Waals surface area contributed by atoms with E-state index >= 15 is 0 Å². The maximum absolute atomic E-state index is 4.84. The van der Waals surface area contributed by atoms with Crippen molar-refractivity contribution < 1.29 is 0 Å². The molecule has 26 heavy (non-hydrogen) atoms. The highest BCUT2D eigenvalue weighted by Crippen LogP contribution is 2.46. The molecular weight excluding hydrogens is 340 g/mol. The fourth-order valence-corrected chi connectivity index (χ4v) is 5.51. The molecule has 1 aliphatic carbocycles. The molecule has 1 saturated carbocycles. The van der Waals surface area contributed by atoms with Crippen LogP contribution in [-0.2, 0) is 0 Å². The molecular formula is C21H24N4S. The fraction of sp³-hybridized carbons (Fsp3) is 0.429. The molecule has 0 atom stereocenters. The molecule has 2 fully saturated rings. The van der Waals surface area contributed by atoms with Gasteiger partial charge in [-0.15, -0.1) is 0 Å². The number of anilines is 1. The van der Waals surface area contributed by atoms with Gasteiger partial charge in [0.15, 0.2) is 5.65 Å². The average molecular weight is 365 g/mol. The van der Waals surface area contributed by atoms with Gasteiger partial charge in [0.05, 0.1) is 4.90 Å². The monoisotopic (exact) mass is 364 g/mol. The molecule has 0 bridgehead atoms. The minimum Gasteiger partial charge on any atom is -0.342 e. The summed E-state index contributed by atoms with van der Waals surface area (Å²) in [5, 5.41) is 0. The predicted molar refractivity (Wildman–Crippen MR) is 106 cm³/mol. The van der Waals surface area contributed by atoms with Crippen molar-refractivity contribution >= 4 is 23.4 Å². The highest BCUT2D eigenvalue weighted by molar-refractivity contribution is 7.99. The van der Waals surface area contributed by atoms with E-state index in [1.807, 2.05) is 24.7 Å². The largest absolute Gasteiger partial charge is 0.342 e. The molecule has 0 N–H and O–H groups in total. The van der Waals surface area contributed by atoms with Crippen molar-refractivity contribution in [2.75, 3.05) is 18.0 Å². The van der Waals surface area contributed by atoms with Gasteiger partial charge in [-0.2, -0.15) is 0 Å². The number of nitrogens with zero attached hydrogens (tertiary/aromatic N) is 4. The minimum absolute atomic E-state index is 0.633. The number of aromatic nitrogens is 3. The summed E-state index contributed by atoms with van der Waals surface area (Å²) >= 11 is 1.73. The lowest BCUT2D eigenvalue weighted by Crippen LogP contribution is -2.40. The Bertz CT molecular complexity index is 889. The Balaban J connectivity index is 1.41. The summed E-state index contributed by atoms with van der Waals surface area (Å²) < 4.78 is 2.16. The van der Waals surface area contributed by atoms with Crippen LogP contribution >= 0.6 is 11.8 Å². The number of hydrogen-bond acceptors (Lipinski definition) is 4. The predicted octanol–water partition coefficient (Wildman–Crippen LogP) is 5.04. The lowest BCUT2D eigenvalue weighted by Gasteiger charge is -2.39. The van der Waals surface area contributed by atoms with Crippen LogP contribution in [0.1, 0.15) is 38.5 Å². The number of imidazole rings is 1. The molecule has 0 unspecified atom stereocenters. The molecule has 0 amide bonds. The van der Waals surface area contributed by atoms with Crippen LogP contribution in [0.3, 0.4) is 0 Å². The van der Waals surface area contributed by atoms with Crippen LogP contribution in [0.5, 0.6) is 0 Å². The second-order valence-corrected chi connectivity index (χ2v) is 8.77. The lowest BCUT2D eigenvalue weighted by molar-refractivity contribution is 0.225. The Morgan fingerprint density at radius 3 is 2.46 bits per heavy atom. The van der Waals surface area contributed by atoms with Gasteiger partial charge in [-0.3, -0.25) is 4.40 Å². The Hall–Kier alpha value is -2.01. The van der Waals surface area contributed by atoms with Crippen molar-refractivity contribution in [3.8, 4) is 0 Å². The number of piperidine rings is 1. The van der Waals surface area contributed by atoms with Crippen molar-refractivity contribution in [1.82, 2.24) is 14.4 Å². The summed E-state index contributed by atoms with van der Waals surface area (Å²) in [4.78, 5) is 14.2. The maximum Gasteiger partial charge on any atom is 0.211 e. The van der Waals surface area contributed by atoms with Crippen molar-refractivity contribution in [3.05, 3.63) is 48.9 Å². The highest BCUT2D eigenvalue weighted by atomic mass is 32.2. The van der Waals surface area contributed by atoms with E-state index in [-0.39, 0.29) is 0 Å². The zero-order valence-electron chi connectivity index (χ0n) is 15.0. The number of rotatable bonds is 3. The van der Waals surface area contributed by atoms with E-state index in [0.717, 1.165) is 29.6 Å². The number of benzene rings is 1. The maximum atomic E-state index is 4.84. The Kier molecular flexibility index (Phi) is 4.12. The Morgan fingerprint density at radius 2 is 1.69 bits per heavy atom. The molecule has 1 spiro atoms. The molecule has 3 aromatic rings. The van der Waals surface area contributed by atoms with Gasteiger partial charge < -0.3 is 4.90 Å². The molecule has 3 heterocycles. The normalized spacial score (nSPS) is 19.5. The van der Waals surface area contributed by atoms with Crippen LogP contribution in [0.2, 0.25) is 0 Å². The molecule has 1 aromatic carbocycles. The highest BCUT2D eigenvalue weighted by Gasteiger charge is 2.37. The van der Waals surface area contributed by atoms with Crippen LogP contribution < -0.4 is 4.90 Å². The summed E-state index contributed by atoms with van der Waals surface area (Å²) in [6, 6.07) is 10.4. The molecule has 1 aliphatic heterocycles. The van der Waals surface area contributed by atoms with Crippen LogP contribution in [-0.4, -0.2) is 27.5 Å². The number of fused-ring (bicyclic) bond motifs is 1. The van der Waals surface area contributed by atoms with Gasteiger partial charge in [0.25, 0.3) is 0 Å². The van der Waals surface area contributed by atoms with E-state index < -0.39 is 0 Å². The first-order valence-electron chi connectivity index (χ1n) is 9.63. The Labute approximate surface area is 158 Å². The van der Waals surface area contributed by atoms with E-state index in [0.29, 0.717) is 5.41 Å². The van der Waals surface area contributed by atoms with E-state index in [2.05, 4.69) is 38.6 Å². The SMILES string of the molecule is c1ccc(Sc2cnc(N3CCC4(CCCC4)CC3)n3ccnc23)cc1. The van der Waals surface area contributed by atoms with Gasteiger partial charge >= 0.3 is 0 Å². The molecule has 5 rings (SSSR count). The molecule has 2 aliphatic rings. The van der Waals surface area contributed by atoms with Crippen molar-refractivity contribution in [2.45, 2.75) is 48.3 Å². The quantitative estimate of drug-likeness (QED) is 0.652. The van der Waals surface area contributed by atoms with Crippen LogP contribution in [0.4, 0.5) is 5.95 Å². The van der Waals surface area contributed by atoms with Crippen molar-refractivity contribution in [1.29, 1.82) is 0 Å². The van der Waals surface area contributed by atoms with Gasteiger partial charge in [-0.25, -0.2) is 9.97 Å². The zero-order chi connectivity index (χ0) is 17.4. The second kappa shape index (κ2) is 6.62. The average Bonchev–Trinajstić information content (AvgIpc) is 3.34. The molecule has 5 heteroatoms. The van der Waals surface area contributed by atoms with Gasteiger partial charge in [-0.1, -0.05) is 42.8 Å². The third-order valence-electron chi connectivity index (χ3n) is 6.12. The first-order valence-corrected chi connectivity index (χ1v) is 10.4. The smallest absolute Gasteiger partial charge is 0.211 e. The first kappa shape index (κ1) is 16.2. The van der Waals surface area contributed by atoms with E-state index in [1.54, 1.807) is 11.8 Å². The van der Waals surface area contributed by atoms with E-state index in [4.69, 9.17) is 4.98 Å². The van der Waals surface area contributed by atoms with Gasteiger partial charge in [0.1, 0.15) is 0 Å². The summed E-state index contributed by atoms with van der Waals surface area (Å²) in [7, 11) is 0. The third kappa shape index (κ3) is 2.88. The van der Waals surface area contributed by atoms with Crippen molar-refractivity contribution in [3.63, 3.8) is 0 Å². The number of hydrogen-bond donors (Lipinski definition) is 0. The first-order chi connectivity index (χ1) is 12.8. The summed E-state index contributed by atoms with van der Waals surface area (Å²) in [5.41, 5.74) is 1.64. The molecule has 134 valence electrons. The third-order valence-corrected chi connectivity index (χ3v) is 7.13. The molecule has 4 nitrogen and oxygen atoms in total. The topological polar surface area (TPSA) is 33.4 Å². The van der Waals surface area contributed by atoms with Crippen LogP contribution in [0, 0.1) is 5.41 Å². The minimum atomic E-state index is 0.633. The van der Waals surface area contributed by atoms with Gasteiger partial charge in [0.2, 0.25) is 5.95 Å². The van der Waals surface area contributed by atoms with Crippen LogP contribution in [0.15, 0.2) is 58.7 Å². The Morgan fingerprint density at radius 1 is 0.923 bits per heavy atom. The lowest BCUT2D eigenvalue weighted by atomic mass is 9.77. The molecule has 1 saturated heterocycles. The van der Waals surface area contributed by atoms with Crippen LogP contribution in [0.25, 0.3) is 5.65 Å². The second-order valence-electron chi connectivity index (χ2n) is 7.65. The molecule has 0 radical (unpaired) electrons. The fourth-order valence-electron chi connectivity index (χ4n) is 4.61.